The summed E-state index contributed by atoms with van der Waals surface area (Å²) in [6, 6.07) is 7.28. The largest absolute Gasteiger partial charge is 0.310 e. The molecule has 0 fully saturated rings. The quantitative estimate of drug-likeness (QED) is 0.851. The van der Waals surface area contributed by atoms with Crippen LogP contribution in [0.4, 0.5) is 0 Å². The molecule has 6 heteroatoms. The summed E-state index contributed by atoms with van der Waals surface area (Å²) in [5, 5.41) is 6.55. The molecule has 0 saturated heterocycles. The van der Waals surface area contributed by atoms with Crippen molar-refractivity contribution in [3.05, 3.63) is 46.4 Å². The van der Waals surface area contributed by atoms with E-state index in [1.54, 1.807) is 23.5 Å². The van der Waals surface area contributed by atoms with E-state index in [-0.39, 0.29) is 6.04 Å². The van der Waals surface area contributed by atoms with Crippen molar-refractivity contribution in [3.8, 4) is 0 Å². The summed E-state index contributed by atoms with van der Waals surface area (Å²) in [4.78, 5) is 4.69. The van der Waals surface area contributed by atoms with Crippen molar-refractivity contribution in [2.45, 2.75) is 30.7 Å². The maximum Gasteiger partial charge on any atom is 0.175 e. The van der Waals surface area contributed by atoms with Crippen molar-refractivity contribution in [3.63, 3.8) is 0 Å². The first kappa shape index (κ1) is 16.1. The van der Waals surface area contributed by atoms with E-state index in [0.29, 0.717) is 4.90 Å². The van der Waals surface area contributed by atoms with E-state index in [0.717, 1.165) is 30.0 Å². The molecule has 0 spiro atoms. The van der Waals surface area contributed by atoms with Crippen LogP contribution in [0, 0.1) is 0 Å². The molecule has 0 aliphatic heterocycles. The second kappa shape index (κ2) is 7.15. The summed E-state index contributed by atoms with van der Waals surface area (Å²) in [5.74, 6) is 0. The highest BCUT2D eigenvalue weighted by Crippen LogP contribution is 2.21. The van der Waals surface area contributed by atoms with Gasteiger partial charge in [-0.15, -0.1) is 11.3 Å². The molecule has 2 rings (SSSR count). The molecule has 2 aromatic rings. The van der Waals surface area contributed by atoms with E-state index in [1.807, 2.05) is 23.7 Å². The average molecular weight is 324 g/mol. The fourth-order valence-corrected chi connectivity index (χ4v) is 3.40. The number of hydrogen-bond donors (Lipinski definition) is 1. The topological polar surface area (TPSA) is 59.1 Å². The van der Waals surface area contributed by atoms with Crippen LogP contribution in [0.2, 0.25) is 0 Å². The van der Waals surface area contributed by atoms with Crippen LogP contribution in [-0.2, 0) is 16.3 Å². The lowest BCUT2D eigenvalue weighted by molar-refractivity contribution is 0.528. The highest BCUT2D eigenvalue weighted by Gasteiger charge is 2.14. The number of hydrogen-bond acceptors (Lipinski definition) is 5. The second-order valence-electron chi connectivity index (χ2n) is 4.98. The van der Waals surface area contributed by atoms with E-state index < -0.39 is 9.84 Å². The summed E-state index contributed by atoms with van der Waals surface area (Å²) in [7, 11) is -3.14. The number of benzene rings is 1. The molecule has 1 unspecified atom stereocenters. The molecule has 0 amide bonds. The second-order valence-corrected chi connectivity index (χ2v) is 7.97. The van der Waals surface area contributed by atoms with Crippen LogP contribution in [-0.4, -0.2) is 26.2 Å². The smallest absolute Gasteiger partial charge is 0.175 e. The molecule has 4 nitrogen and oxygen atoms in total. The first-order valence-electron chi connectivity index (χ1n) is 6.92. The highest BCUT2D eigenvalue weighted by atomic mass is 32.2. The lowest BCUT2D eigenvalue weighted by atomic mass is 10.0. The van der Waals surface area contributed by atoms with E-state index in [1.165, 1.54) is 6.26 Å². The van der Waals surface area contributed by atoms with Crippen LogP contribution in [0.3, 0.4) is 0 Å². The van der Waals surface area contributed by atoms with Gasteiger partial charge < -0.3 is 5.32 Å². The van der Waals surface area contributed by atoms with Crippen LogP contribution in [0.1, 0.15) is 30.0 Å². The zero-order valence-electron chi connectivity index (χ0n) is 12.2. The number of rotatable bonds is 7. The average Bonchev–Trinajstić information content (AvgIpc) is 2.95. The lowest BCUT2D eigenvalue weighted by Crippen LogP contribution is -2.24. The molecule has 0 saturated carbocycles. The Morgan fingerprint density at radius 2 is 2.00 bits per heavy atom. The van der Waals surface area contributed by atoms with E-state index in [2.05, 4.69) is 17.2 Å². The van der Waals surface area contributed by atoms with Crippen LogP contribution in [0.15, 0.2) is 40.7 Å². The van der Waals surface area contributed by atoms with Crippen molar-refractivity contribution in [2.75, 3.05) is 12.8 Å². The van der Waals surface area contributed by atoms with E-state index in [4.69, 9.17) is 0 Å². The Labute approximate surface area is 130 Å². The number of thiazole rings is 1. The van der Waals surface area contributed by atoms with Crippen molar-refractivity contribution in [1.82, 2.24) is 10.3 Å². The van der Waals surface area contributed by atoms with Gasteiger partial charge in [-0.2, -0.15) is 0 Å². The molecule has 0 aliphatic rings. The first-order chi connectivity index (χ1) is 10.0. The van der Waals surface area contributed by atoms with Gasteiger partial charge in [0.25, 0.3) is 0 Å². The fourth-order valence-electron chi connectivity index (χ4n) is 2.10. The molecule has 1 atom stereocenters. The Morgan fingerprint density at radius 1 is 1.29 bits per heavy atom. The normalized spacial score (nSPS) is 13.2. The third kappa shape index (κ3) is 4.62. The summed E-state index contributed by atoms with van der Waals surface area (Å²) in [5.41, 5.74) is 1.09. The standard InChI is InChI=1S/C15H20N2O2S2/c1-3-8-16-14(11-15-17-9-10-20-15)12-4-6-13(7-5-12)21(2,18)19/h4-7,9-10,14,16H,3,8,11H2,1-2H3. The molecule has 1 heterocycles. The minimum absolute atomic E-state index is 0.157. The minimum atomic E-state index is -3.14. The third-order valence-electron chi connectivity index (χ3n) is 3.21. The summed E-state index contributed by atoms with van der Waals surface area (Å²) < 4.78 is 23.0. The number of sulfone groups is 1. The summed E-state index contributed by atoms with van der Waals surface area (Å²) >= 11 is 1.64. The molecule has 21 heavy (non-hydrogen) atoms. The third-order valence-corrected chi connectivity index (χ3v) is 5.14. The summed E-state index contributed by atoms with van der Waals surface area (Å²) in [6.07, 6.45) is 4.90. The maximum atomic E-state index is 11.5. The summed E-state index contributed by atoms with van der Waals surface area (Å²) in [6.45, 7) is 3.05. The van der Waals surface area contributed by atoms with Gasteiger partial charge in [-0.05, 0) is 30.7 Å². The Hall–Kier alpha value is -1.24. The fraction of sp³-hybridized carbons (Fsp3) is 0.400. The molecule has 1 N–H and O–H groups in total. The number of nitrogens with one attached hydrogen (secondary N) is 1. The van der Waals surface area contributed by atoms with Gasteiger partial charge in [0.05, 0.1) is 9.90 Å². The van der Waals surface area contributed by atoms with Gasteiger partial charge >= 0.3 is 0 Å². The van der Waals surface area contributed by atoms with Gasteiger partial charge in [-0.25, -0.2) is 13.4 Å². The van der Waals surface area contributed by atoms with E-state index >= 15 is 0 Å². The van der Waals surface area contributed by atoms with Crippen molar-refractivity contribution >= 4 is 21.2 Å². The Balaban J connectivity index is 2.19. The molecular weight excluding hydrogens is 304 g/mol. The molecular formula is C15H20N2O2S2. The molecule has 0 radical (unpaired) electrons. The van der Waals surface area contributed by atoms with Gasteiger partial charge in [0, 0.05) is 30.3 Å². The van der Waals surface area contributed by atoms with Gasteiger partial charge in [0.2, 0.25) is 0 Å². The van der Waals surface area contributed by atoms with Crippen LogP contribution in [0.25, 0.3) is 0 Å². The molecule has 0 bridgehead atoms. The van der Waals surface area contributed by atoms with Gasteiger partial charge in [0.15, 0.2) is 9.84 Å². The molecule has 0 aliphatic carbocycles. The van der Waals surface area contributed by atoms with Crippen molar-refractivity contribution in [1.29, 1.82) is 0 Å². The first-order valence-corrected chi connectivity index (χ1v) is 9.69. The number of aromatic nitrogens is 1. The van der Waals surface area contributed by atoms with Gasteiger partial charge in [-0.3, -0.25) is 0 Å². The van der Waals surface area contributed by atoms with Crippen LogP contribution in [0.5, 0.6) is 0 Å². The zero-order valence-corrected chi connectivity index (χ0v) is 13.9. The van der Waals surface area contributed by atoms with Gasteiger partial charge in [0.1, 0.15) is 0 Å². The lowest BCUT2D eigenvalue weighted by Gasteiger charge is -2.18. The van der Waals surface area contributed by atoms with Crippen LogP contribution < -0.4 is 5.32 Å². The predicted octanol–water partition coefficient (Wildman–Crippen LogP) is 2.83. The Morgan fingerprint density at radius 3 is 2.52 bits per heavy atom. The van der Waals surface area contributed by atoms with Crippen LogP contribution >= 0.6 is 11.3 Å². The molecule has 1 aromatic heterocycles. The zero-order chi connectivity index (χ0) is 15.3. The SMILES string of the molecule is CCCNC(Cc1nccs1)c1ccc(S(C)(=O)=O)cc1. The van der Waals surface area contributed by atoms with E-state index in [9.17, 15) is 8.42 Å². The monoisotopic (exact) mass is 324 g/mol. The van der Waals surface area contributed by atoms with Crippen molar-refractivity contribution in [2.24, 2.45) is 0 Å². The maximum absolute atomic E-state index is 11.5. The number of nitrogens with zero attached hydrogens (tertiary/aromatic N) is 1. The van der Waals surface area contributed by atoms with Crippen molar-refractivity contribution < 1.29 is 8.42 Å². The minimum Gasteiger partial charge on any atom is -0.310 e. The Bertz CT molecular complexity index is 649. The Kier molecular flexibility index (Phi) is 5.50. The van der Waals surface area contributed by atoms with Gasteiger partial charge in [-0.1, -0.05) is 19.1 Å². The molecule has 114 valence electrons. The predicted molar refractivity (Wildman–Crippen MR) is 86.4 cm³/mol. The molecule has 1 aromatic carbocycles. The highest BCUT2D eigenvalue weighted by molar-refractivity contribution is 7.90.